The summed E-state index contributed by atoms with van der Waals surface area (Å²) in [6.45, 7) is 4.56. The van der Waals surface area contributed by atoms with Gasteiger partial charge in [-0.3, -0.25) is 4.79 Å². The van der Waals surface area contributed by atoms with Gasteiger partial charge in [-0.25, -0.2) is 0 Å². The topological polar surface area (TPSA) is 49.3 Å². The van der Waals surface area contributed by atoms with Crippen LogP contribution in [-0.2, 0) is 4.79 Å². The first-order valence-corrected chi connectivity index (χ1v) is 10.1. The minimum absolute atomic E-state index is 0.128. The van der Waals surface area contributed by atoms with Crippen molar-refractivity contribution in [2.45, 2.75) is 77.4 Å². The summed E-state index contributed by atoms with van der Waals surface area (Å²) < 4.78 is 0. The van der Waals surface area contributed by atoms with Gasteiger partial charge in [0, 0.05) is 12.0 Å². The summed E-state index contributed by atoms with van der Waals surface area (Å²) in [6, 6.07) is 9.51. The Morgan fingerprint density at radius 1 is 1.16 bits per heavy atom. The van der Waals surface area contributed by atoms with Crippen molar-refractivity contribution >= 4 is 5.78 Å². The molecule has 0 heterocycles. The lowest BCUT2D eigenvalue weighted by atomic mass is 9.78. The van der Waals surface area contributed by atoms with Gasteiger partial charge in [0.1, 0.15) is 5.78 Å². The van der Waals surface area contributed by atoms with Gasteiger partial charge < -0.3 is 10.4 Å². The highest BCUT2D eigenvalue weighted by molar-refractivity contribution is 5.83. The smallest absolute Gasteiger partial charge is 0.149 e. The maximum Gasteiger partial charge on any atom is 0.149 e. The van der Waals surface area contributed by atoms with Crippen molar-refractivity contribution in [2.24, 2.45) is 11.8 Å². The Kier molecular flexibility index (Phi) is 8.63. The van der Waals surface area contributed by atoms with Crippen LogP contribution in [0, 0.1) is 11.8 Å². The molecule has 0 aromatic heterocycles. The second kappa shape index (κ2) is 10.7. The van der Waals surface area contributed by atoms with Crippen molar-refractivity contribution in [2.75, 3.05) is 6.54 Å². The third-order valence-electron chi connectivity index (χ3n) is 5.73. The number of benzene rings is 1. The molecule has 0 spiro atoms. The van der Waals surface area contributed by atoms with Crippen LogP contribution in [0.5, 0.6) is 0 Å². The maximum atomic E-state index is 12.5. The van der Waals surface area contributed by atoms with E-state index in [2.05, 4.69) is 12.2 Å². The SMILES string of the molecule is CCCCCC1CCC(C(=O)CN[C@H](C)[C@H](O)c2ccccc2)CC1. The number of unbranched alkanes of at least 4 members (excludes halogenated alkanes) is 2. The highest BCUT2D eigenvalue weighted by atomic mass is 16.3. The van der Waals surface area contributed by atoms with Crippen LogP contribution in [0.25, 0.3) is 0 Å². The molecule has 3 nitrogen and oxygen atoms in total. The number of ketones is 1. The second-order valence-electron chi connectivity index (χ2n) is 7.70. The predicted octanol–water partition coefficient (Wildman–Crippen LogP) is 4.65. The van der Waals surface area contributed by atoms with Gasteiger partial charge >= 0.3 is 0 Å². The highest BCUT2D eigenvalue weighted by Gasteiger charge is 2.26. The molecule has 140 valence electrons. The fourth-order valence-corrected chi connectivity index (χ4v) is 3.91. The molecule has 1 aromatic carbocycles. The van der Waals surface area contributed by atoms with Crippen LogP contribution in [0.3, 0.4) is 0 Å². The number of carbonyl (C=O) groups is 1. The standard InChI is InChI=1S/C22H35NO2/c1-3-4-6-9-18-12-14-19(15-13-18)21(24)16-23-17(2)22(25)20-10-7-5-8-11-20/h5,7-8,10-11,17-19,22-23,25H,3-4,6,9,12-16H2,1-2H3/t17-,18?,19?,22+/m1/s1. The minimum Gasteiger partial charge on any atom is -0.387 e. The van der Waals surface area contributed by atoms with E-state index in [-0.39, 0.29) is 12.0 Å². The first-order chi connectivity index (χ1) is 12.1. The number of rotatable bonds is 10. The third kappa shape index (κ3) is 6.56. The molecule has 1 fully saturated rings. The monoisotopic (exact) mass is 345 g/mol. The van der Waals surface area contributed by atoms with E-state index in [0.29, 0.717) is 12.3 Å². The minimum atomic E-state index is -0.580. The van der Waals surface area contributed by atoms with Gasteiger partial charge in [-0.15, -0.1) is 0 Å². The number of aliphatic hydroxyl groups is 1. The number of hydrogen-bond donors (Lipinski definition) is 2. The molecule has 2 rings (SSSR count). The largest absolute Gasteiger partial charge is 0.387 e. The van der Waals surface area contributed by atoms with Crippen molar-refractivity contribution < 1.29 is 9.90 Å². The molecule has 1 aliphatic carbocycles. The lowest BCUT2D eigenvalue weighted by Gasteiger charge is -2.28. The molecule has 2 N–H and O–H groups in total. The molecule has 3 heteroatoms. The fraction of sp³-hybridized carbons (Fsp3) is 0.682. The van der Waals surface area contributed by atoms with Gasteiger partial charge in [-0.1, -0.05) is 62.9 Å². The van der Waals surface area contributed by atoms with Crippen molar-refractivity contribution in [3.8, 4) is 0 Å². The third-order valence-corrected chi connectivity index (χ3v) is 5.73. The summed E-state index contributed by atoms with van der Waals surface area (Å²) in [5, 5.41) is 13.6. The van der Waals surface area contributed by atoms with Crippen LogP contribution in [0.1, 0.15) is 76.9 Å². The molecule has 0 amide bonds. The normalized spacial score (nSPS) is 23.2. The van der Waals surface area contributed by atoms with Gasteiger partial charge in [-0.2, -0.15) is 0 Å². The first kappa shape index (κ1) is 20.1. The van der Waals surface area contributed by atoms with Gasteiger partial charge in [0.15, 0.2) is 0 Å². The zero-order valence-electron chi connectivity index (χ0n) is 15.9. The molecule has 0 radical (unpaired) electrons. The van der Waals surface area contributed by atoms with Crippen molar-refractivity contribution in [3.63, 3.8) is 0 Å². The van der Waals surface area contributed by atoms with E-state index in [4.69, 9.17) is 0 Å². The fourth-order valence-electron chi connectivity index (χ4n) is 3.91. The summed E-state index contributed by atoms with van der Waals surface area (Å²) in [7, 11) is 0. The van der Waals surface area contributed by atoms with E-state index >= 15 is 0 Å². The van der Waals surface area contributed by atoms with Crippen LogP contribution in [-0.4, -0.2) is 23.5 Å². The molecule has 1 aromatic rings. The summed E-state index contributed by atoms with van der Waals surface area (Å²) in [6.07, 6.45) is 9.24. The van der Waals surface area contributed by atoms with Crippen molar-refractivity contribution in [1.29, 1.82) is 0 Å². The molecular formula is C22H35NO2. The van der Waals surface area contributed by atoms with Crippen LogP contribution in [0.2, 0.25) is 0 Å². The molecule has 25 heavy (non-hydrogen) atoms. The Morgan fingerprint density at radius 3 is 2.48 bits per heavy atom. The maximum absolute atomic E-state index is 12.5. The lowest BCUT2D eigenvalue weighted by Crippen LogP contribution is -2.38. The predicted molar refractivity (Wildman–Crippen MR) is 103 cm³/mol. The highest BCUT2D eigenvalue weighted by Crippen LogP contribution is 2.32. The molecule has 0 bridgehead atoms. The Morgan fingerprint density at radius 2 is 1.84 bits per heavy atom. The summed E-state index contributed by atoms with van der Waals surface area (Å²) >= 11 is 0. The number of Topliss-reactive ketones (excluding diaryl/α,β-unsaturated/α-hetero) is 1. The molecule has 0 aliphatic heterocycles. The first-order valence-electron chi connectivity index (χ1n) is 10.1. The van der Waals surface area contributed by atoms with Crippen molar-refractivity contribution in [1.82, 2.24) is 5.32 Å². The van der Waals surface area contributed by atoms with Gasteiger partial charge in [0.05, 0.1) is 12.6 Å². The number of aliphatic hydroxyl groups excluding tert-OH is 1. The van der Waals surface area contributed by atoms with E-state index in [9.17, 15) is 9.90 Å². The molecule has 2 atom stereocenters. The van der Waals surface area contributed by atoms with Gasteiger partial charge in [0.2, 0.25) is 0 Å². The van der Waals surface area contributed by atoms with Crippen LogP contribution < -0.4 is 5.32 Å². The molecule has 0 saturated heterocycles. The Balaban J connectivity index is 1.68. The summed E-state index contributed by atoms with van der Waals surface area (Å²) in [5.41, 5.74) is 0.891. The van der Waals surface area contributed by atoms with E-state index in [1.54, 1.807) is 0 Å². The van der Waals surface area contributed by atoms with Gasteiger partial charge in [-0.05, 0) is 44.1 Å². The Bertz CT molecular complexity index is 494. The van der Waals surface area contributed by atoms with E-state index < -0.39 is 6.10 Å². The van der Waals surface area contributed by atoms with Gasteiger partial charge in [0.25, 0.3) is 0 Å². The van der Waals surface area contributed by atoms with Crippen molar-refractivity contribution in [3.05, 3.63) is 35.9 Å². The second-order valence-corrected chi connectivity index (χ2v) is 7.70. The zero-order valence-corrected chi connectivity index (χ0v) is 15.9. The molecule has 1 saturated carbocycles. The molecular weight excluding hydrogens is 310 g/mol. The van der Waals surface area contributed by atoms with E-state index in [0.717, 1.165) is 24.3 Å². The number of carbonyl (C=O) groups excluding carboxylic acids is 1. The Hall–Kier alpha value is -1.19. The molecule has 1 aliphatic rings. The van der Waals surface area contributed by atoms with E-state index in [1.165, 1.54) is 38.5 Å². The average Bonchev–Trinajstić information content (AvgIpc) is 2.66. The van der Waals surface area contributed by atoms with Crippen LogP contribution >= 0.6 is 0 Å². The quantitative estimate of drug-likeness (QED) is 0.607. The zero-order chi connectivity index (χ0) is 18.1. The average molecular weight is 346 g/mol. The number of hydrogen-bond acceptors (Lipinski definition) is 3. The summed E-state index contributed by atoms with van der Waals surface area (Å²) in [4.78, 5) is 12.5. The van der Waals surface area contributed by atoms with Crippen LogP contribution in [0.15, 0.2) is 30.3 Å². The van der Waals surface area contributed by atoms with E-state index in [1.807, 2.05) is 37.3 Å². The Labute approximate surface area is 153 Å². The molecule has 0 unspecified atom stereocenters. The van der Waals surface area contributed by atoms with Crippen LogP contribution in [0.4, 0.5) is 0 Å². The summed E-state index contributed by atoms with van der Waals surface area (Å²) in [5.74, 6) is 1.37. The number of nitrogens with one attached hydrogen (secondary N) is 1. The lowest BCUT2D eigenvalue weighted by molar-refractivity contribution is -0.123.